The number of carboxylic acids is 1. The van der Waals surface area contributed by atoms with Gasteiger partial charge >= 0.3 is 29.6 Å². The van der Waals surface area contributed by atoms with E-state index in [0.29, 0.717) is 25.4 Å². The number of thiazole rings is 1. The fraction of sp³-hybridized carbons (Fsp3) is 0.353. The van der Waals surface area contributed by atoms with Crippen LogP contribution in [-0.4, -0.2) is 21.9 Å². The number of hydrogen-bond donors (Lipinski definition) is 1. The van der Waals surface area contributed by atoms with E-state index < -0.39 is 12.0 Å². The molecule has 0 fully saturated rings. The summed E-state index contributed by atoms with van der Waals surface area (Å²) in [6, 6.07) is 24.9. The van der Waals surface area contributed by atoms with Crippen LogP contribution in [0.3, 0.4) is 0 Å². The van der Waals surface area contributed by atoms with Crippen LogP contribution in [0.1, 0.15) is 72.7 Å². The Bertz CT molecular complexity index is 1400. The number of nitrogens with zero attached hydrogens (tertiary/aromatic N) is 2. The van der Waals surface area contributed by atoms with Crippen molar-refractivity contribution in [1.82, 2.24) is 9.88 Å². The van der Waals surface area contributed by atoms with Gasteiger partial charge in [0.15, 0.2) is 0 Å². The molecule has 1 aromatic heterocycles. The smallest absolute Gasteiger partial charge is 0.548 e. The maximum absolute atomic E-state index is 11.9. The Hall–Kier alpha value is -2.48. The topological polar surface area (TPSA) is 68.3 Å². The minimum atomic E-state index is -1.02. The van der Waals surface area contributed by atoms with Crippen molar-refractivity contribution < 1.29 is 39.5 Å². The summed E-state index contributed by atoms with van der Waals surface area (Å²) < 4.78 is 0. The summed E-state index contributed by atoms with van der Waals surface area (Å²) in [7, 11) is 0. The third-order valence-electron chi connectivity index (χ3n) is 7.91. The van der Waals surface area contributed by atoms with Crippen molar-refractivity contribution in [1.29, 1.82) is 0 Å². The standard InChI is InChI=1S/C34H39N3O2S.Na/c1-3-7-25(8-4-2)26-15-17-30(18-16-26)35-20-24-11-13-27(14-12-24)31-23-40-33(36-31)22-37-21-29-10-6-5-9-28(29)19-32(37)34(38)39;/h5-6,9-18,23,25,32,35H,3-4,7-8,19-22H2,1-2H3,(H,38,39);/q;+1/p-1/t32-;/m0./s1. The van der Waals surface area contributed by atoms with Crippen LogP contribution in [0.4, 0.5) is 5.69 Å². The molecule has 3 aromatic carbocycles. The second kappa shape index (κ2) is 15.1. The molecule has 0 spiro atoms. The van der Waals surface area contributed by atoms with Crippen molar-refractivity contribution in [3.05, 3.63) is 105 Å². The number of carbonyl (C=O) groups is 1. The molecule has 1 aliphatic heterocycles. The quantitative estimate of drug-likeness (QED) is 0.261. The Morgan fingerprint density at radius 1 is 1.00 bits per heavy atom. The van der Waals surface area contributed by atoms with Crippen LogP contribution in [0.15, 0.2) is 78.2 Å². The fourth-order valence-corrected chi connectivity index (χ4v) is 6.54. The van der Waals surface area contributed by atoms with Gasteiger partial charge in [0.25, 0.3) is 0 Å². The summed E-state index contributed by atoms with van der Waals surface area (Å²) in [5, 5.41) is 18.4. The number of carboxylic acid groups (broad SMARTS) is 1. The summed E-state index contributed by atoms with van der Waals surface area (Å²) in [6.07, 6.45) is 5.41. The van der Waals surface area contributed by atoms with Gasteiger partial charge in [-0.1, -0.05) is 87.4 Å². The Kier molecular flexibility index (Phi) is 11.6. The van der Waals surface area contributed by atoms with E-state index in [1.165, 1.54) is 42.4 Å². The van der Waals surface area contributed by atoms with Gasteiger partial charge in [-0.05, 0) is 59.6 Å². The first-order valence-corrected chi connectivity index (χ1v) is 15.3. The van der Waals surface area contributed by atoms with Crippen molar-refractivity contribution in [2.75, 3.05) is 5.32 Å². The van der Waals surface area contributed by atoms with Crippen molar-refractivity contribution >= 4 is 23.0 Å². The molecule has 0 amide bonds. The van der Waals surface area contributed by atoms with Crippen molar-refractivity contribution in [3.8, 4) is 11.3 Å². The molecule has 1 N–H and O–H groups in total. The second-order valence-corrected chi connectivity index (χ2v) is 11.7. The van der Waals surface area contributed by atoms with Gasteiger partial charge < -0.3 is 15.2 Å². The van der Waals surface area contributed by atoms with Gasteiger partial charge in [0.2, 0.25) is 0 Å². The minimum Gasteiger partial charge on any atom is -0.548 e. The van der Waals surface area contributed by atoms with Crippen molar-refractivity contribution in [2.45, 2.75) is 77.5 Å². The predicted octanol–water partition coefficient (Wildman–Crippen LogP) is 3.79. The minimum absolute atomic E-state index is 0. The largest absolute Gasteiger partial charge is 1.00 e. The van der Waals surface area contributed by atoms with Crippen LogP contribution in [0.5, 0.6) is 0 Å². The maximum Gasteiger partial charge on any atom is 1.00 e. The van der Waals surface area contributed by atoms with Crippen LogP contribution in [0.2, 0.25) is 0 Å². The van der Waals surface area contributed by atoms with Crippen LogP contribution in [0, 0.1) is 0 Å². The molecule has 41 heavy (non-hydrogen) atoms. The average Bonchev–Trinajstić information content (AvgIpc) is 3.44. The van der Waals surface area contributed by atoms with E-state index in [1.54, 1.807) is 11.3 Å². The normalized spacial score (nSPS) is 14.9. The number of rotatable bonds is 12. The molecule has 0 saturated heterocycles. The summed E-state index contributed by atoms with van der Waals surface area (Å²) in [4.78, 5) is 18.7. The maximum atomic E-state index is 11.9. The molecule has 0 aliphatic carbocycles. The molecule has 208 valence electrons. The van der Waals surface area contributed by atoms with Gasteiger partial charge in [0.05, 0.1) is 24.2 Å². The zero-order valence-electron chi connectivity index (χ0n) is 24.4. The van der Waals surface area contributed by atoms with Gasteiger partial charge in [0, 0.05) is 29.7 Å². The second-order valence-electron chi connectivity index (χ2n) is 10.8. The average molecular weight is 576 g/mol. The fourth-order valence-electron chi connectivity index (χ4n) is 5.71. The molecule has 2 heterocycles. The van der Waals surface area contributed by atoms with Crippen LogP contribution in [0.25, 0.3) is 11.3 Å². The Morgan fingerprint density at radius 3 is 2.34 bits per heavy atom. The Labute approximate surface area is 270 Å². The Balaban J connectivity index is 0.00000387. The molecule has 5 nitrogen and oxygen atoms in total. The molecule has 0 unspecified atom stereocenters. The van der Waals surface area contributed by atoms with E-state index in [0.717, 1.165) is 34.1 Å². The van der Waals surface area contributed by atoms with E-state index in [-0.39, 0.29) is 29.6 Å². The molecule has 5 rings (SSSR count). The SMILES string of the molecule is CCCC(CCC)c1ccc(NCc2ccc(-c3csc(CN4Cc5ccccc5C[C@H]4C(=O)[O-])n3)cc2)cc1.[Na+]. The number of nitrogens with one attached hydrogen (secondary N) is 1. The summed E-state index contributed by atoms with van der Waals surface area (Å²) in [6.45, 7) is 6.37. The van der Waals surface area contributed by atoms with Gasteiger partial charge in [-0.15, -0.1) is 11.3 Å². The Morgan fingerprint density at radius 2 is 1.68 bits per heavy atom. The van der Waals surface area contributed by atoms with Crippen LogP contribution < -0.4 is 40.0 Å². The zero-order valence-corrected chi connectivity index (χ0v) is 27.3. The predicted molar refractivity (Wildman–Crippen MR) is 162 cm³/mol. The van der Waals surface area contributed by atoms with E-state index in [2.05, 4.69) is 79.1 Å². The van der Waals surface area contributed by atoms with E-state index in [1.807, 2.05) is 23.1 Å². The van der Waals surface area contributed by atoms with E-state index in [9.17, 15) is 9.90 Å². The molecular weight excluding hydrogens is 537 g/mol. The molecule has 0 saturated carbocycles. The summed E-state index contributed by atoms with van der Waals surface area (Å²) >= 11 is 1.58. The molecule has 4 aromatic rings. The van der Waals surface area contributed by atoms with Crippen LogP contribution >= 0.6 is 11.3 Å². The number of anilines is 1. The van der Waals surface area contributed by atoms with Gasteiger partial charge in [0.1, 0.15) is 5.01 Å². The molecule has 1 aliphatic rings. The molecular formula is C34H38N3NaO2S. The van der Waals surface area contributed by atoms with Gasteiger partial charge in [-0.25, -0.2) is 4.98 Å². The van der Waals surface area contributed by atoms with Crippen molar-refractivity contribution in [3.63, 3.8) is 0 Å². The summed E-state index contributed by atoms with van der Waals surface area (Å²) in [5.74, 6) is -0.362. The first kappa shape index (κ1) is 31.5. The van der Waals surface area contributed by atoms with E-state index >= 15 is 0 Å². The van der Waals surface area contributed by atoms with Gasteiger partial charge in [-0.2, -0.15) is 0 Å². The number of aliphatic carboxylic acids is 1. The number of fused-ring (bicyclic) bond motifs is 1. The van der Waals surface area contributed by atoms with Crippen LogP contribution in [-0.2, 0) is 30.8 Å². The zero-order chi connectivity index (χ0) is 27.9. The number of benzene rings is 3. The first-order chi connectivity index (χ1) is 19.5. The van der Waals surface area contributed by atoms with Crippen molar-refractivity contribution in [2.24, 2.45) is 0 Å². The monoisotopic (exact) mass is 575 g/mol. The first-order valence-electron chi connectivity index (χ1n) is 14.4. The molecule has 1 atom stereocenters. The molecule has 7 heteroatoms. The van der Waals surface area contributed by atoms with Gasteiger partial charge in [-0.3, -0.25) is 4.90 Å². The molecule has 0 bridgehead atoms. The molecule has 0 radical (unpaired) electrons. The number of carbonyl (C=O) groups excluding carboxylic acids is 1. The van der Waals surface area contributed by atoms with E-state index in [4.69, 9.17) is 4.98 Å². The number of hydrogen-bond acceptors (Lipinski definition) is 6. The summed E-state index contributed by atoms with van der Waals surface area (Å²) in [5.41, 5.74) is 8.04. The number of aromatic nitrogens is 1. The third-order valence-corrected chi connectivity index (χ3v) is 8.74. The third kappa shape index (κ3) is 8.08.